The SMILES string of the molecule is COc1ccccc1NC(=O)CCCCC(=O)OCC(=O)NCCc1ccc(S(N)(=O)=O)cc1. The highest BCUT2D eigenvalue weighted by molar-refractivity contribution is 7.89. The molecule has 2 amide bonds. The summed E-state index contributed by atoms with van der Waals surface area (Å²) in [6.07, 6.45) is 1.76. The second-order valence-electron chi connectivity index (χ2n) is 7.41. The number of para-hydroxylation sites is 2. The molecule has 2 aromatic rings. The molecule has 0 radical (unpaired) electrons. The van der Waals surface area contributed by atoms with Gasteiger partial charge in [-0.2, -0.15) is 0 Å². The van der Waals surface area contributed by atoms with E-state index in [1.54, 1.807) is 36.4 Å². The molecular formula is C23H29N3O7S. The Labute approximate surface area is 198 Å². The van der Waals surface area contributed by atoms with Gasteiger partial charge >= 0.3 is 5.97 Å². The molecule has 0 aliphatic rings. The number of hydrogen-bond acceptors (Lipinski definition) is 7. The Balaban J connectivity index is 1.56. The molecule has 0 atom stereocenters. The number of carbonyl (C=O) groups is 3. The van der Waals surface area contributed by atoms with Gasteiger partial charge in [-0.15, -0.1) is 0 Å². The minimum Gasteiger partial charge on any atom is -0.495 e. The van der Waals surface area contributed by atoms with Crippen LogP contribution in [-0.2, 0) is 35.6 Å². The minimum absolute atomic E-state index is 0.0178. The first-order valence-electron chi connectivity index (χ1n) is 10.7. The minimum atomic E-state index is -3.74. The van der Waals surface area contributed by atoms with Crippen LogP contribution >= 0.6 is 0 Å². The number of sulfonamides is 1. The number of nitrogens with two attached hydrogens (primary N) is 1. The molecule has 11 heteroatoms. The second kappa shape index (κ2) is 13.3. The number of carbonyl (C=O) groups excluding carboxylic acids is 3. The van der Waals surface area contributed by atoms with Crippen LogP contribution in [0.25, 0.3) is 0 Å². The largest absolute Gasteiger partial charge is 0.495 e. The number of methoxy groups -OCH3 is 1. The first kappa shape index (κ1) is 26.8. The maximum atomic E-state index is 12.0. The number of anilines is 1. The second-order valence-corrected chi connectivity index (χ2v) is 8.97. The third-order valence-electron chi connectivity index (χ3n) is 4.77. The van der Waals surface area contributed by atoms with Gasteiger partial charge in [0, 0.05) is 19.4 Å². The fourth-order valence-electron chi connectivity index (χ4n) is 2.98. The molecule has 0 spiro atoms. The molecule has 0 unspecified atom stereocenters. The number of nitrogens with one attached hydrogen (secondary N) is 2. The molecule has 184 valence electrons. The average Bonchev–Trinajstić information content (AvgIpc) is 2.80. The summed E-state index contributed by atoms with van der Waals surface area (Å²) in [5.41, 5.74) is 1.40. The third kappa shape index (κ3) is 9.59. The lowest BCUT2D eigenvalue weighted by molar-refractivity contribution is -0.148. The van der Waals surface area contributed by atoms with Crippen LogP contribution in [0, 0.1) is 0 Å². The summed E-state index contributed by atoms with van der Waals surface area (Å²) in [4.78, 5) is 35.7. The van der Waals surface area contributed by atoms with E-state index in [1.165, 1.54) is 19.2 Å². The van der Waals surface area contributed by atoms with Gasteiger partial charge in [0.25, 0.3) is 5.91 Å². The van der Waals surface area contributed by atoms with Gasteiger partial charge in [0.05, 0.1) is 17.7 Å². The van der Waals surface area contributed by atoms with Gasteiger partial charge in [-0.05, 0) is 49.1 Å². The van der Waals surface area contributed by atoms with E-state index in [-0.39, 0.29) is 23.6 Å². The van der Waals surface area contributed by atoms with Gasteiger partial charge in [0.2, 0.25) is 15.9 Å². The highest BCUT2D eigenvalue weighted by atomic mass is 32.2. The van der Waals surface area contributed by atoms with E-state index < -0.39 is 28.5 Å². The maximum absolute atomic E-state index is 12.0. The number of rotatable bonds is 13. The van der Waals surface area contributed by atoms with Crippen molar-refractivity contribution < 1.29 is 32.3 Å². The van der Waals surface area contributed by atoms with Crippen LogP contribution in [-0.4, -0.2) is 46.5 Å². The number of unbranched alkanes of at least 4 members (excludes halogenated alkanes) is 1. The Bertz CT molecular complexity index is 1090. The van der Waals surface area contributed by atoms with Gasteiger partial charge in [0.15, 0.2) is 6.61 Å². The van der Waals surface area contributed by atoms with Crippen LogP contribution < -0.4 is 20.5 Å². The summed E-state index contributed by atoms with van der Waals surface area (Å²) in [5.74, 6) is -0.571. The summed E-state index contributed by atoms with van der Waals surface area (Å²) >= 11 is 0. The van der Waals surface area contributed by atoms with Crippen LogP contribution in [0.15, 0.2) is 53.4 Å². The lowest BCUT2D eigenvalue weighted by atomic mass is 10.1. The molecule has 0 heterocycles. The van der Waals surface area contributed by atoms with Gasteiger partial charge in [-0.3, -0.25) is 14.4 Å². The fourth-order valence-corrected chi connectivity index (χ4v) is 3.49. The fraction of sp³-hybridized carbons (Fsp3) is 0.348. The van der Waals surface area contributed by atoms with Crippen LogP contribution in [0.2, 0.25) is 0 Å². The number of amides is 2. The molecule has 0 fully saturated rings. The van der Waals surface area contributed by atoms with Crippen molar-refractivity contribution in [2.45, 2.75) is 37.0 Å². The first-order chi connectivity index (χ1) is 16.2. The van der Waals surface area contributed by atoms with Crippen molar-refractivity contribution in [3.05, 3.63) is 54.1 Å². The van der Waals surface area contributed by atoms with Gasteiger partial charge in [-0.25, -0.2) is 13.6 Å². The van der Waals surface area contributed by atoms with E-state index in [0.717, 1.165) is 5.56 Å². The lowest BCUT2D eigenvalue weighted by Gasteiger charge is -2.09. The topological polar surface area (TPSA) is 154 Å². The molecule has 4 N–H and O–H groups in total. The van der Waals surface area contributed by atoms with Crippen molar-refractivity contribution in [2.24, 2.45) is 5.14 Å². The Morgan fingerprint density at radius 3 is 2.29 bits per heavy atom. The molecule has 0 saturated heterocycles. The number of esters is 1. The normalized spacial score (nSPS) is 10.9. The summed E-state index contributed by atoms with van der Waals surface area (Å²) in [7, 11) is -2.22. The molecule has 34 heavy (non-hydrogen) atoms. The molecule has 0 aromatic heterocycles. The van der Waals surface area contributed by atoms with Crippen LogP contribution in [0.1, 0.15) is 31.2 Å². The predicted molar refractivity (Wildman–Crippen MR) is 126 cm³/mol. The Morgan fingerprint density at radius 1 is 0.941 bits per heavy atom. The molecule has 2 aromatic carbocycles. The van der Waals surface area contributed by atoms with E-state index in [9.17, 15) is 22.8 Å². The summed E-state index contributed by atoms with van der Waals surface area (Å²) in [6.45, 7) is -0.0934. The molecule has 10 nitrogen and oxygen atoms in total. The van der Waals surface area contributed by atoms with Crippen molar-refractivity contribution in [1.82, 2.24) is 5.32 Å². The van der Waals surface area contributed by atoms with Gasteiger partial charge in [-0.1, -0.05) is 24.3 Å². The number of primary sulfonamides is 1. The monoisotopic (exact) mass is 491 g/mol. The van der Waals surface area contributed by atoms with Gasteiger partial charge in [0.1, 0.15) is 5.75 Å². The van der Waals surface area contributed by atoms with Crippen molar-refractivity contribution in [3.8, 4) is 5.75 Å². The third-order valence-corrected chi connectivity index (χ3v) is 5.70. The Hall–Kier alpha value is -3.44. The molecular weight excluding hydrogens is 462 g/mol. The highest BCUT2D eigenvalue weighted by Gasteiger charge is 2.10. The van der Waals surface area contributed by atoms with Crippen LogP contribution in [0.4, 0.5) is 5.69 Å². The lowest BCUT2D eigenvalue weighted by Crippen LogP contribution is -2.30. The first-order valence-corrected chi connectivity index (χ1v) is 12.2. The van der Waals surface area contributed by atoms with Crippen LogP contribution in [0.3, 0.4) is 0 Å². The summed E-state index contributed by atoms with van der Waals surface area (Å²) < 4.78 is 32.6. The van der Waals surface area contributed by atoms with Crippen molar-refractivity contribution in [3.63, 3.8) is 0 Å². The van der Waals surface area contributed by atoms with E-state index >= 15 is 0 Å². The van der Waals surface area contributed by atoms with Crippen LogP contribution in [0.5, 0.6) is 5.75 Å². The maximum Gasteiger partial charge on any atom is 0.306 e. The molecule has 0 aliphatic carbocycles. The van der Waals surface area contributed by atoms with Gasteiger partial charge < -0.3 is 20.1 Å². The van der Waals surface area contributed by atoms with E-state index in [0.29, 0.717) is 37.2 Å². The number of benzene rings is 2. The molecule has 2 rings (SSSR count). The van der Waals surface area contributed by atoms with E-state index in [4.69, 9.17) is 14.6 Å². The quantitative estimate of drug-likeness (QED) is 0.285. The summed E-state index contributed by atoms with van der Waals surface area (Å²) in [6, 6.07) is 13.1. The Morgan fingerprint density at radius 2 is 1.62 bits per heavy atom. The molecule has 0 bridgehead atoms. The van der Waals surface area contributed by atoms with Crippen molar-refractivity contribution in [2.75, 3.05) is 25.6 Å². The van der Waals surface area contributed by atoms with E-state index in [1.807, 2.05) is 0 Å². The smallest absolute Gasteiger partial charge is 0.306 e. The molecule has 0 saturated carbocycles. The van der Waals surface area contributed by atoms with Crippen molar-refractivity contribution >= 4 is 33.5 Å². The zero-order valence-electron chi connectivity index (χ0n) is 18.9. The van der Waals surface area contributed by atoms with E-state index in [2.05, 4.69) is 10.6 Å². The zero-order chi connectivity index (χ0) is 25.0. The predicted octanol–water partition coefficient (Wildman–Crippen LogP) is 1.74. The number of ether oxygens (including phenoxy) is 2. The Kier molecular flexibility index (Phi) is 10.5. The zero-order valence-corrected chi connectivity index (χ0v) is 19.7. The molecule has 0 aliphatic heterocycles. The average molecular weight is 492 g/mol. The number of hydrogen-bond donors (Lipinski definition) is 3. The van der Waals surface area contributed by atoms with Crippen molar-refractivity contribution in [1.29, 1.82) is 0 Å². The standard InChI is InChI=1S/C23H29N3O7S/c1-32-20-7-3-2-6-19(20)26-21(27)8-4-5-9-23(29)33-16-22(28)25-15-14-17-10-12-18(13-11-17)34(24,30)31/h2-3,6-7,10-13H,4-5,8-9,14-16H2,1H3,(H,25,28)(H,26,27)(H2,24,30,31). The highest BCUT2D eigenvalue weighted by Crippen LogP contribution is 2.23. The summed E-state index contributed by atoms with van der Waals surface area (Å²) in [5, 5.41) is 10.4.